The lowest BCUT2D eigenvalue weighted by atomic mass is 10.3. The van der Waals surface area contributed by atoms with Crippen LogP contribution in [0.5, 0.6) is 0 Å². The van der Waals surface area contributed by atoms with Crippen molar-refractivity contribution in [3.63, 3.8) is 0 Å². The topological polar surface area (TPSA) is 6.48 Å². The molecule has 0 spiro atoms. The van der Waals surface area contributed by atoms with E-state index in [2.05, 4.69) is 0 Å². The molecule has 18 heavy (non-hydrogen) atoms. The summed E-state index contributed by atoms with van der Waals surface area (Å²) in [6.45, 7) is 2.64. The van der Waals surface area contributed by atoms with E-state index in [1.54, 1.807) is 4.90 Å². The summed E-state index contributed by atoms with van der Waals surface area (Å²) in [5.41, 5.74) is 0. The largest absolute Gasteiger partial charge is 1.00 e. The zero-order valence-corrected chi connectivity index (χ0v) is 9.60. The van der Waals surface area contributed by atoms with Crippen molar-refractivity contribution < 1.29 is 31.9 Å². The van der Waals surface area contributed by atoms with Gasteiger partial charge in [-0.1, -0.05) is 13.3 Å². The highest BCUT2D eigenvalue weighted by Crippen LogP contribution is 2.24. The van der Waals surface area contributed by atoms with Crippen LogP contribution < -0.4 is 0 Å². The second kappa shape index (κ2) is 6.74. The van der Waals surface area contributed by atoms with Gasteiger partial charge in [0.1, 0.15) is 0 Å². The maximum absolute atomic E-state index is 12.1. The van der Waals surface area contributed by atoms with Gasteiger partial charge < -0.3 is 22.2 Å². The molecular formula is C8H14BF7N2. The van der Waals surface area contributed by atoms with Gasteiger partial charge in [-0.25, -0.2) is 0 Å². The third kappa shape index (κ3) is 9.00. The molecule has 0 unspecified atom stereocenters. The fourth-order valence-electron chi connectivity index (χ4n) is 1.14. The van der Waals surface area contributed by atoms with Crippen molar-refractivity contribution in [2.24, 2.45) is 0 Å². The molecule has 0 fully saturated rings. The van der Waals surface area contributed by atoms with Gasteiger partial charge in [0.05, 0.1) is 6.67 Å². The predicted octanol–water partition coefficient (Wildman–Crippen LogP) is 3.77. The minimum atomic E-state index is -6.00. The molecule has 2 nitrogen and oxygen atoms in total. The van der Waals surface area contributed by atoms with Gasteiger partial charge in [-0.05, 0) is 6.42 Å². The molecule has 0 bridgehead atoms. The van der Waals surface area contributed by atoms with Crippen molar-refractivity contribution in [1.82, 2.24) is 9.80 Å². The van der Waals surface area contributed by atoms with E-state index < -0.39 is 13.6 Å². The van der Waals surface area contributed by atoms with Crippen LogP contribution in [0.25, 0.3) is 0 Å². The van der Waals surface area contributed by atoms with E-state index in [1.807, 2.05) is 6.92 Å². The van der Waals surface area contributed by atoms with Crippen LogP contribution in [0.2, 0.25) is 0 Å². The maximum Gasteiger partial charge on any atom is 1.00 e. The van der Waals surface area contributed by atoms with Gasteiger partial charge in [0.25, 0.3) is 0 Å². The first-order chi connectivity index (χ1) is 8.04. The number of unbranched alkanes of at least 4 members (excludes halogenated alkanes) is 1. The van der Waals surface area contributed by atoms with Gasteiger partial charge in [-0.15, -0.1) is 0 Å². The monoisotopic (exact) mass is 282 g/mol. The fraction of sp³-hybridized carbons (Fsp3) is 0.750. The van der Waals surface area contributed by atoms with Gasteiger partial charge in [-0.2, -0.15) is 13.2 Å². The average molecular weight is 282 g/mol. The molecule has 0 aliphatic carbocycles. The van der Waals surface area contributed by atoms with Crippen LogP contribution in [0, 0.1) is 0 Å². The quantitative estimate of drug-likeness (QED) is 0.441. The predicted molar refractivity (Wildman–Crippen MR) is 54.8 cm³/mol. The third-order valence-electron chi connectivity index (χ3n) is 1.92. The Labute approximate surface area is 102 Å². The molecule has 1 aliphatic heterocycles. The summed E-state index contributed by atoms with van der Waals surface area (Å²) in [6, 6.07) is 0. The molecule has 1 aliphatic rings. The SMILES string of the molecule is CCCCN1C=CN(C(F)(F)F)C1.F[B-](F)(F)F.[H+]. The first-order valence-electron chi connectivity index (χ1n) is 5.17. The van der Waals surface area contributed by atoms with Gasteiger partial charge >= 0.3 is 15.0 Å². The zero-order chi connectivity index (χ0) is 14.4. The molecule has 0 atom stereocenters. The first kappa shape index (κ1) is 16.9. The van der Waals surface area contributed by atoms with Crippen LogP contribution in [0.15, 0.2) is 12.4 Å². The fourth-order valence-corrected chi connectivity index (χ4v) is 1.14. The smallest absolute Gasteiger partial charge is 0.418 e. The number of hydrogen-bond acceptors (Lipinski definition) is 2. The van der Waals surface area contributed by atoms with Crippen LogP contribution in [0.1, 0.15) is 21.2 Å². The summed E-state index contributed by atoms with van der Waals surface area (Å²) in [5.74, 6) is 0. The van der Waals surface area contributed by atoms with Crippen molar-refractivity contribution in [1.29, 1.82) is 0 Å². The number of rotatable bonds is 3. The molecule has 1 heterocycles. The zero-order valence-electron chi connectivity index (χ0n) is 10.6. The van der Waals surface area contributed by atoms with Gasteiger partial charge in [0, 0.05) is 18.9 Å². The minimum Gasteiger partial charge on any atom is -0.418 e. The summed E-state index contributed by atoms with van der Waals surface area (Å²) in [6.07, 6.45) is 0.253. The molecule has 0 aromatic carbocycles. The number of nitrogens with zero attached hydrogens (tertiary/aromatic N) is 2. The molecule has 1 rings (SSSR count). The van der Waals surface area contributed by atoms with Gasteiger partial charge in [0.2, 0.25) is 0 Å². The van der Waals surface area contributed by atoms with E-state index in [4.69, 9.17) is 0 Å². The molecule has 108 valence electrons. The van der Waals surface area contributed by atoms with E-state index in [9.17, 15) is 30.4 Å². The lowest BCUT2D eigenvalue weighted by molar-refractivity contribution is -0.230. The van der Waals surface area contributed by atoms with Crippen molar-refractivity contribution in [2.45, 2.75) is 26.1 Å². The minimum absolute atomic E-state index is 0. The molecule has 0 saturated heterocycles. The average Bonchev–Trinajstić information content (AvgIpc) is 2.59. The Hall–Kier alpha value is -1.09. The van der Waals surface area contributed by atoms with E-state index >= 15 is 0 Å². The van der Waals surface area contributed by atoms with Crippen molar-refractivity contribution in [3.05, 3.63) is 12.4 Å². The maximum atomic E-state index is 12.1. The number of alkyl halides is 3. The van der Waals surface area contributed by atoms with Crippen molar-refractivity contribution in [3.8, 4) is 0 Å². The van der Waals surface area contributed by atoms with Crippen molar-refractivity contribution >= 4 is 7.25 Å². The van der Waals surface area contributed by atoms with E-state index in [1.165, 1.54) is 6.20 Å². The van der Waals surface area contributed by atoms with Crippen LogP contribution in [-0.2, 0) is 0 Å². The van der Waals surface area contributed by atoms with Gasteiger partial charge in [0.15, 0.2) is 0 Å². The Bertz CT molecular complexity index is 263. The highest BCUT2D eigenvalue weighted by Gasteiger charge is 2.37. The highest BCUT2D eigenvalue weighted by atomic mass is 19.5. The second-order valence-electron chi connectivity index (χ2n) is 3.54. The second-order valence-corrected chi connectivity index (χ2v) is 3.54. The Morgan fingerprint density at radius 3 is 2.00 bits per heavy atom. The summed E-state index contributed by atoms with van der Waals surface area (Å²) in [4.78, 5) is 2.04. The first-order valence-corrected chi connectivity index (χ1v) is 5.17. The standard InChI is InChI=1S/C8H13F3N2.BF4/c1-2-3-4-12-5-6-13(7-12)8(9,10)11;2-1(3,4)5/h5-6H,2-4,7H2,1H3;/q;-1/p+1. The van der Waals surface area contributed by atoms with E-state index in [0.29, 0.717) is 11.4 Å². The van der Waals surface area contributed by atoms with Crippen LogP contribution in [0.3, 0.4) is 0 Å². The Balaban J connectivity index is 0. The van der Waals surface area contributed by atoms with E-state index in [-0.39, 0.29) is 8.10 Å². The molecule has 0 aromatic rings. The van der Waals surface area contributed by atoms with Crippen LogP contribution in [0.4, 0.5) is 30.4 Å². The normalized spacial score (nSPS) is 15.8. The summed E-state index contributed by atoms with van der Waals surface area (Å²) in [7, 11) is -6.00. The number of halogens is 7. The van der Waals surface area contributed by atoms with Crippen molar-refractivity contribution in [2.75, 3.05) is 13.2 Å². The van der Waals surface area contributed by atoms with E-state index in [0.717, 1.165) is 19.0 Å². The van der Waals surface area contributed by atoms with Gasteiger partial charge in [-0.3, -0.25) is 4.90 Å². The molecule has 0 radical (unpaired) electrons. The molecule has 0 saturated carbocycles. The van der Waals surface area contributed by atoms with Crippen LogP contribution >= 0.6 is 0 Å². The number of hydrogen-bond donors (Lipinski definition) is 0. The third-order valence-corrected chi connectivity index (χ3v) is 1.92. The highest BCUT2D eigenvalue weighted by molar-refractivity contribution is 6.50. The summed E-state index contributed by atoms with van der Waals surface area (Å²) >= 11 is 0. The lowest BCUT2D eigenvalue weighted by Gasteiger charge is -2.22. The van der Waals surface area contributed by atoms with Crippen LogP contribution in [-0.4, -0.2) is 36.6 Å². The summed E-state index contributed by atoms with van der Waals surface area (Å²) in [5, 5.41) is 0. The molecule has 0 N–H and O–H groups in total. The molecule has 10 heteroatoms. The Morgan fingerprint density at radius 1 is 1.17 bits per heavy atom. The molecule has 0 aromatic heterocycles. The Kier molecular flexibility index (Phi) is 6.34. The lowest BCUT2D eigenvalue weighted by Crippen LogP contribution is -2.36. The molecule has 0 amide bonds. The molecular weight excluding hydrogens is 268 g/mol. The summed E-state index contributed by atoms with van der Waals surface area (Å²) < 4.78 is 75.3. The Morgan fingerprint density at radius 2 is 1.67 bits per heavy atom.